The van der Waals surface area contributed by atoms with Gasteiger partial charge in [0.2, 0.25) is 0 Å². The van der Waals surface area contributed by atoms with Crippen LogP contribution in [-0.4, -0.2) is 57.2 Å². The zero-order valence-electron chi connectivity index (χ0n) is 11.6. The third-order valence-corrected chi connectivity index (χ3v) is 2.99. The Kier molecular flexibility index (Phi) is 8.07. The summed E-state index contributed by atoms with van der Waals surface area (Å²) in [5, 5.41) is 0. The summed E-state index contributed by atoms with van der Waals surface area (Å²) < 4.78 is 1.19. The lowest BCUT2D eigenvalue weighted by molar-refractivity contribution is -0.890. The molecule has 0 aromatic rings. The predicted octanol–water partition coefficient (Wildman–Crippen LogP) is 2.59. The minimum absolute atomic E-state index is 1.19. The topological polar surface area (TPSA) is 3.24 Å². The second-order valence-electron chi connectivity index (χ2n) is 5.60. The molecule has 0 aliphatic rings. The quantitative estimate of drug-likeness (QED) is 0.422. The van der Waals surface area contributed by atoms with Crippen LogP contribution in [0.4, 0.5) is 0 Å². The Morgan fingerprint density at radius 1 is 0.867 bits per heavy atom. The van der Waals surface area contributed by atoms with E-state index in [4.69, 9.17) is 0 Å². The zero-order chi connectivity index (χ0) is 11.7. The molecule has 0 rings (SSSR count). The number of unbranched alkanes of at least 4 members (excludes halogenated alkanes) is 3. The molecule has 0 aromatic heterocycles. The summed E-state index contributed by atoms with van der Waals surface area (Å²) >= 11 is 0. The van der Waals surface area contributed by atoms with Crippen molar-refractivity contribution in [1.29, 1.82) is 0 Å². The normalized spacial score (nSPS) is 12.4. The van der Waals surface area contributed by atoms with E-state index >= 15 is 0 Å². The lowest BCUT2D eigenvalue weighted by Crippen LogP contribution is -2.42. The van der Waals surface area contributed by atoms with Gasteiger partial charge in [0.1, 0.15) is 0 Å². The Hall–Kier alpha value is -0.0800. The van der Waals surface area contributed by atoms with Gasteiger partial charge in [-0.15, -0.1) is 0 Å². The molecule has 0 atom stereocenters. The SMILES string of the molecule is CCCCCC[N+](C)(C)CCCN(C)C. The number of hydrogen-bond donors (Lipinski definition) is 0. The van der Waals surface area contributed by atoms with Gasteiger partial charge < -0.3 is 9.38 Å². The molecule has 0 amide bonds. The summed E-state index contributed by atoms with van der Waals surface area (Å²) in [6.45, 7) is 6.14. The van der Waals surface area contributed by atoms with Crippen LogP contribution < -0.4 is 0 Å². The molecule has 0 aromatic carbocycles. The third kappa shape index (κ3) is 10.2. The molecule has 0 radical (unpaired) electrons. The minimum Gasteiger partial charge on any atom is -0.328 e. The zero-order valence-corrected chi connectivity index (χ0v) is 11.6. The van der Waals surface area contributed by atoms with Gasteiger partial charge >= 0.3 is 0 Å². The molecule has 0 aliphatic carbocycles. The monoisotopic (exact) mass is 215 g/mol. The molecule has 2 heteroatoms. The smallest absolute Gasteiger partial charge is 0.0794 e. The number of hydrogen-bond acceptors (Lipinski definition) is 1. The fourth-order valence-corrected chi connectivity index (χ4v) is 1.89. The highest BCUT2D eigenvalue weighted by Gasteiger charge is 2.13. The second-order valence-corrected chi connectivity index (χ2v) is 5.60. The van der Waals surface area contributed by atoms with Crippen LogP contribution in [0, 0.1) is 0 Å². The molecule has 0 spiro atoms. The highest BCUT2D eigenvalue weighted by atomic mass is 15.3. The van der Waals surface area contributed by atoms with Crippen molar-refractivity contribution in [1.82, 2.24) is 4.90 Å². The highest BCUT2D eigenvalue weighted by Crippen LogP contribution is 2.06. The minimum atomic E-state index is 1.19. The first-order valence-corrected chi connectivity index (χ1v) is 6.44. The third-order valence-electron chi connectivity index (χ3n) is 2.99. The van der Waals surface area contributed by atoms with Crippen molar-refractivity contribution in [2.45, 2.75) is 39.0 Å². The van der Waals surface area contributed by atoms with Gasteiger partial charge in [0.15, 0.2) is 0 Å². The van der Waals surface area contributed by atoms with Gasteiger partial charge in [0.25, 0.3) is 0 Å². The summed E-state index contributed by atoms with van der Waals surface area (Å²) in [7, 11) is 9.03. The van der Waals surface area contributed by atoms with Crippen LogP contribution in [0.25, 0.3) is 0 Å². The van der Waals surface area contributed by atoms with E-state index in [1.807, 2.05) is 0 Å². The Balaban J connectivity index is 3.48. The summed E-state index contributed by atoms with van der Waals surface area (Å²) in [4.78, 5) is 2.27. The molecule has 0 bridgehead atoms. The molecule has 0 unspecified atom stereocenters. The largest absolute Gasteiger partial charge is 0.328 e. The van der Waals surface area contributed by atoms with Crippen LogP contribution in [0.2, 0.25) is 0 Å². The Morgan fingerprint density at radius 2 is 1.47 bits per heavy atom. The lowest BCUT2D eigenvalue weighted by atomic mass is 10.2. The first-order chi connectivity index (χ1) is 6.98. The van der Waals surface area contributed by atoms with Gasteiger partial charge in [0, 0.05) is 13.0 Å². The van der Waals surface area contributed by atoms with Crippen molar-refractivity contribution in [2.75, 3.05) is 47.8 Å². The summed E-state index contributed by atoms with van der Waals surface area (Å²) in [6, 6.07) is 0. The van der Waals surface area contributed by atoms with Gasteiger partial charge in [-0.05, 0) is 26.9 Å². The van der Waals surface area contributed by atoms with E-state index in [0.29, 0.717) is 0 Å². The first-order valence-electron chi connectivity index (χ1n) is 6.44. The van der Waals surface area contributed by atoms with Crippen LogP contribution in [0.5, 0.6) is 0 Å². The molecule has 15 heavy (non-hydrogen) atoms. The van der Waals surface area contributed by atoms with Crippen molar-refractivity contribution in [3.05, 3.63) is 0 Å². The molecule has 0 fully saturated rings. The number of nitrogens with zero attached hydrogens (tertiary/aromatic N) is 2. The van der Waals surface area contributed by atoms with E-state index in [0.717, 1.165) is 0 Å². The number of quaternary nitrogens is 1. The second kappa shape index (κ2) is 8.12. The summed E-state index contributed by atoms with van der Waals surface area (Å²) in [5.41, 5.74) is 0. The highest BCUT2D eigenvalue weighted by molar-refractivity contribution is 4.45. The summed E-state index contributed by atoms with van der Waals surface area (Å²) in [5.74, 6) is 0. The molecule has 0 saturated heterocycles. The average molecular weight is 215 g/mol. The molecular weight excluding hydrogens is 184 g/mol. The first kappa shape index (κ1) is 14.9. The maximum atomic E-state index is 2.36. The Morgan fingerprint density at radius 3 is 2.00 bits per heavy atom. The molecule has 0 N–H and O–H groups in total. The fraction of sp³-hybridized carbons (Fsp3) is 1.00. The lowest BCUT2D eigenvalue weighted by Gasteiger charge is -2.30. The molecule has 2 nitrogen and oxygen atoms in total. The van der Waals surface area contributed by atoms with E-state index in [2.05, 4.69) is 40.0 Å². The predicted molar refractivity (Wildman–Crippen MR) is 69.2 cm³/mol. The molecule has 92 valence electrons. The van der Waals surface area contributed by atoms with Gasteiger partial charge in [-0.1, -0.05) is 19.8 Å². The van der Waals surface area contributed by atoms with Crippen LogP contribution in [-0.2, 0) is 0 Å². The van der Waals surface area contributed by atoms with E-state index < -0.39 is 0 Å². The standard InChI is InChI=1S/C13H31N2/c1-6-7-8-9-12-15(4,5)13-10-11-14(2)3/h6-13H2,1-5H3/q+1. The molecule has 0 heterocycles. The van der Waals surface area contributed by atoms with E-state index in [1.54, 1.807) is 0 Å². The number of rotatable bonds is 9. The average Bonchev–Trinajstić information content (AvgIpc) is 2.11. The van der Waals surface area contributed by atoms with Crippen molar-refractivity contribution >= 4 is 0 Å². The molecule has 0 saturated carbocycles. The van der Waals surface area contributed by atoms with Gasteiger partial charge in [-0.2, -0.15) is 0 Å². The van der Waals surface area contributed by atoms with E-state index in [9.17, 15) is 0 Å². The van der Waals surface area contributed by atoms with Crippen molar-refractivity contribution < 1.29 is 4.48 Å². The Labute approximate surface area is 96.8 Å². The Bertz CT molecular complexity index is 141. The van der Waals surface area contributed by atoms with Crippen molar-refractivity contribution in [3.8, 4) is 0 Å². The maximum absolute atomic E-state index is 2.36. The summed E-state index contributed by atoms with van der Waals surface area (Å²) in [6.07, 6.45) is 6.86. The van der Waals surface area contributed by atoms with Gasteiger partial charge in [0.05, 0.1) is 27.2 Å². The van der Waals surface area contributed by atoms with Crippen LogP contribution in [0.15, 0.2) is 0 Å². The molecular formula is C13H31N2+. The maximum Gasteiger partial charge on any atom is 0.0794 e. The van der Waals surface area contributed by atoms with Crippen LogP contribution in [0.3, 0.4) is 0 Å². The van der Waals surface area contributed by atoms with E-state index in [-0.39, 0.29) is 0 Å². The van der Waals surface area contributed by atoms with Crippen molar-refractivity contribution in [3.63, 3.8) is 0 Å². The fourth-order valence-electron chi connectivity index (χ4n) is 1.89. The van der Waals surface area contributed by atoms with Gasteiger partial charge in [-0.3, -0.25) is 0 Å². The van der Waals surface area contributed by atoms with Crippen LogP contribution in [0.1, 0.15) is 39.0 Å². The van der Waals surface area contributed by atoms with E-state index in [1.165, 1.54) is 56.2 Å². The molecule has 0 aliphatic heterocycles. The van der Waals surface area contributed by atoms with Crippen molar-refractivity contribution in [2.24, 2.45) is 0 Å². The van der Waals surface area contributed by atoms with Gasteiger partial charge in [-0.25, -0.2) is 0 Å². The van der Waals surface area contributed by atoms with Crippen LogP contribution >= 0.6 is 0 Å².